The maximum absolute atomic E-state index is 12.8. The van der Waals surface area contributed by atoms with Crippen molar-refractivity contribution in [3.05, 3.63) is 57.3 Å². The van der Waals surface area contributed by atoms with Gasteiger partial charge in [-0.25, -0.2) is 0 Å². The molecule has 0 radical (unpaired) electrons. The first-order chi connectivity index (χ1) is 11.6. The Morgan fingerprint density at radius 3 is 2.75 bits per heavy atom. The minimum Gasteiger partial charge on any atom is -0.480 e. The lowest BCUT2D eigenvalue weighted by molar-refractivity contribution is -0.137. The third kappa shape index (κ3) is 4.01. The van der Waals surface area contributed by atoms with Crippen LogP contribution in [0.1, 0.15) is 25.7 Å². The van der Waals surface area contributed by atoms with E-state index in [4.69, 9.17) is 9.84 Å². The standard InChI is InChI=1S/C18H19NO4S/c20-17(21)11-19(8-6-13-4-2-1-3-5-13)18(22)16-10-14-12-23-9-7-15(14)24-16/h1-5,10H,6-9,11-12H2,(H,20,21). The molecule has 1 amide bonds. The van der Waals surface area contributed by atoms with Crippen molar-refractivity contribution in [3.8, 4) is 0 Å². The van der Waals surface area contributed by atoms with Gasteiger partial charge in [-0.2, -0.15) is 0 Å². The minimum atomic E-state index is -0.999. The number of ether oxygens (including phenoxy) is 1. The summed E-state index contributed by atoms with van der Waals surface area (Å²) in [6, 6.07) is 11.6. The Labute approximate surface area is 144 Å². The van der Waals surface area contributed by atoms with Gasteiger partial charge in [0.15, 0.2) is 0 Å². The first kappa shape index (κ1) is 16.7. The highest BCUT2D eigenvalue weighted by Gasteiger charge is 2.23. The number of benzene rings is 1. The summed E-state index contributed by atoms with van der Waals surface area (Å²) in [5.74, 6) is -1.21. The van der Waals surface area contributed by atoms with Gasteiger partial charge in [0.2, 0.25) is 0 Å². The summed E-state index contributed by atoms with van der Waals surface area (Å²) in [6.45, 7) is 1.30. The molecule has 1 N–H and O–H groups in total. The molecule has 1 aromatic heterocycles. The molecule has 0 atom stereocenters. The van der Waals surface area contributed by atoms with Gasteiger partial charge in [-0.15, -0.1) is 11.3 Å². The highest BCUT2D eigenvalue weighted by atomic mass is 32.1. The number of carbonyl (C=O) groups is 2. The summed E-state index contributed by atoms with van der Waals surface area (Å²) in [4.78, 5) is 27.1. The van der Waals surface area contributed by atoms with E-state index in [9.17, 15) is 9.59 Å². The van der Waals surface area contributed by atoms with Gasteiger partial charge < -0.3 is 14.7 Å². The molecule has 1 aliphatic heterocycles. The largest absolute Gasteiger partial charge is 0.480 e. The molecule has 0 saturated carbocycles. The molecule has 3 rings (SSSR count). The quantitative estimate of drug-likeness (QED) is 0.874. The number of thiophene rings is 1. The summed E-state index contributed by atoms with van der Waals surface area (Å²) in [7, 11) is 0. The fourth-order valence-electron chi connectivity index (χ4n) is 2.73. The van der Waals surface area contributed by atoms with E-state index < -0.39 is 5.97 Å². The average molecular weight is 345 g/mol. The highest BCUT2D eigenvalue weighted by molar-refractivity contribution is 7.14. The van der Waals surface area contributed by atoms with E-state index in [0.717, 1.165) is 17.5 Å². The Bertz CT molecular complexity index is 702. The third-order valence-electron chi connectivity index (χ3n) is 3.97. The van der Waals surface area contributed by atoms with Crippen LogP contribution < -0.4 is 0 Å². The second kappa shape index (κ2) is 7.59. The fraction of sp³-hybridized carbons (Fsp3) is 0.333. The van der Waals surface area contributed by atoms with E-state index in [1.54, 1.807) is 0 Å². The Balaban J connectivity index is 1.73. The van der Waals surface area contributed by atoms with Gasteiger partial charge in [0.05, 0.1) is 18.1 Å². The Morgan fingerprint density at radius 2 is 2.04 bits per heavy atom. The van der Waals surface area contributed by atoms with Gasteiger partial charge in [-0.05, 0) is 23.6 Å². The number of carboxylic acids is 1. The molecule has 0 aliphatic carbocycles. The fourth-order valence-corrected chi connectivity index (χ4v) is 3.85. The Hall–Kier alpha value is -2.18. The maximum Gasteiger partial charge on any atom is 0.323 e. The number of nitrogens with zero attached hydrogens (tertiary/aromatic N) is 1. The van der Waals surface area contributed by atoms with Crippen LogP contribution in [0.25, 0.3) is 0 Å². The van der Waals surface area contributed by atoms with E-state index in [1.807, 2.05) is 36.4 Å². The summed E-state index contributed by atoms with van der Waals surface area (Å²) < 4.78 is 5.41. The maximum atomic E-state index is 12.8. The number of fused-ring (bicyclic) bond motifs is 1. The van der Waals surface area contributed by atoms with Crippen molar-refractivity contribution < 1.29 is 19.4 Å². The van der Waals surface area contributed by atoms with Crippen LogP contribution in [-0.2, 0) is 29.0 Å². The van der Waals surface area contributed by atoms with Crippen LogP contribution >= 0.6 is 11.3 Å². The van der Waals surface area contributed by atoms with Gasteiger partial charge in [-0.3, -0.25) is 9.59 Å². The zero-order valence-electron chi connectivity index (χ0n) is 13.2. The van der Waals surface area contributed by atoms with Gasteiger partial charge in [0, 0.05) is 17.8 Å². The van der Waals surface area contributed by atoms with Gasteiger partial charge in [0.25, 0.3) is 5.91 Å². The first-order valence-corrected chi connectivity index (χ1v) is 8.69. The van der Waals surface area contributed by atoms with Crippen molar-refractivity contribution in [1.82, 2.24) is 4.90 Å². The average Bonchev–Trinajstić information content (AvgIpc) is 3.02. The zero-order chi connectivity index (χ0) is 16.9. The molecule has 126 valence electrons. The molecular formula is C18H19NO4S. The van der Waals surface area contributed by atoms with Crippen molar-refractivity contribution in [3.63, 3.8) is 0 Å². The van der Waals surface area contributed by atoms with E-state index in [0.29, 0.717) is 31.1 Å². The van der Waals surface area contributed by atoms with E-state index in [1.165, 1.54) is 21.1 Å². The molecule has 6 heteroatoms. The predicted octanol–water partition coefficient (Wildman–Crippen LogP) is 2.59. The monoisotopic (exact) mass is 345 g/mol. The van der Waals surface area contributed by atoms with Crippen LogP contribution in [0, 0.1) is 0 Å². The minimum absolute atomic E-state index is 0.215. The van der Waals surface area contributed by atoms with Crippen LogP contribution in [0.3, 0.4) is 0 Å². The number of rotatable bonds is 6. The molecule has 0 saturated heterocycles. The van der Waals surface area contributed by atoms with Crippen molar-refractivity contribution in [2.75, 3.05) is 19.7 Å². The summed E-state index contributed by atoms with van der Waals surface area (Å²) in [6.07, 6.45) is 1.45. The highest BCUT2D eigenvalue weighted by Crippen LogP contribution is 2.28. The molecule has 2 aromatic rings. The smallest absolute Gasteiger partial charge is 0.323 e. The normalized spacial score (nSPS) is 13.3. The van der Waals surface area contributed by atoms with Gasteiger partial charge in [-0.1, -0.05) is 30.3 Å². The number of carboxylic acid groups (broad SMARTS) is 1. The molecule has 0 unspecified atom stereocenters. The van der Waals surface area contributed by atoms with E-state index in [-0.39, 0.29) is 12.5 Å². The second-order valence-corrected chi connectivity index (χ2v) is 6.85. The van der Waals surface area contributed by atoms with E-state index >= 15 is 0 Å². The molecule has 2 heterocycles. The van der Waals surface area contributed by atoms with Crippen LogP contribution in [-0.4, -0.2) is 41.6 Å². The van der Waals surface area contributed by atoms with Crippen LogP contribution in [0.15, 0.2) is 36.4 Å². The van der Waals surface area contributed by atoms with Crippen molar-refractivity contribution >= 4 is 23.2 Å². The van der Waals surface area contributed by atoms with Crippen molar-refractivity contribution in [1.29, 1.82) is 0 Å². The topological polar surface area (TPSA) is 66.8 Å². The molecule has 1 aliphatic rings. The summed E-state index contributed by atoms with van der Waals surface area (Å²) in [5.41, 5.74) is 2.13. The lowest BCUT2D eigenvalue weighted by Crippen LogP contribution is -2.36. The van der Waals surface area contributed by atoms with Crippen LogP contribution in [0.5, 0.6) is 0 Å². The lowest BCUT2D eigenvalue weighted by atomic mass is 10.1. The number of amides is 1. The van der Waals surface area contributed by atoms with Crippen molar-refractivity contribution in [2.45, 2.75) is 19.4 Å². The third-order valence-corrected chi connectivity index (χ3v) is 5.19. The molecule has 0 fully saturated rings. The summed E-state index contributed by atoms with van der Waals surface area (Å²) >= 11 is 1.46. The molecule has 5 nitrogen and oxygen atoms in total. The molecular weight excluding hydrogens is 326 g/mol. The Kier molecular flexibility index (Phi) is 5.27. The number of aliphatic carboxylic acids is 1. The predicted molar refractivity (Wildman–Crippen MR) is 91.4 cm³/mol. The first-order valence-electron chi connectivity index (χ1n) is 7.88. The van der Waals surface area contributed by atoms with Gasteiger partial charge >= 0.3 is 5.97 Å². The molecule has 24 heavy (non-hydrogen) atoms. The number of carbonyl (C=O) groups excluding carboxylic acids is 1. The molecule has 0 bridgehead atoms. The van der Waals surface area contributed by atoms with Crippen molar-refractivity contribution in [2.24, 2.45) is 0 Å². The Morgan fingerprint density at radius 1 is 1.25 bits per heavy atom. The number of hydrogen-bond donors (Lipinski definition) is 1. The second-order valence-electron chi connectivity index (χ2n) is 5.72. The SMILES string of the molecule is O=C(O)CN(CCc1ccccc1)C(=O)c1cc2c(s1)CCOC2. The zero-order valence-corrected chi connectivity index (χ0v) is 14.1. The van der Waals surface area contributed by atoms with Crippen LogP contribution in [0.4, 0.5) is 0 Å². The summed E-state index contributed by atoms with van der Waals surface area (Å²) in [5, 5.41) is 9.13. The van der Waals surface area contributed by atoms with Gasteiger partial charge in [0.1, 0.15) is 6.54 Å². The number of hydrogen-bond acceptors (Lipinski definition) is 4. The molecule has 0 spiro atoms. The lowest BCUT2D eigenvalue weighted by Gasteiger charge is -2.20. The molecule has 1 aromatic carbocycles. The van der Waals surface area contributed by atoms with E-state index in [2.05, 4.69) is 0 Å². The van der Waals surface area contributed by atoms with Crippen LogP contribution in [0.2, 0.25) is 0 Å².